The summed E-state index contributed by atoms with van der Waals surface area (Å²) >= 11 is 1.63. The maximum absolute atomic E-state index is 4.67. The Morgan fingerprint density at radius 1 is 1.21 bits per heavy atom. The zero-order valence-corrected chi connectivity index (χ0v) is 14.3. The minimum Gasteiger partial charge on any atom is -0.316 e. The third-order valence-electron chi connectivity index (χ3n) is 4.04. The fraction of sp³-hybridized carbons (Fsp3) is 0.278. The molecular weight excluding hydrogens is 318 g/mol. The normalized spacial score (nSPS) is 17.1. The van der Waals surface area contributed by atoms with Crippen molar-refractivity contribution in [2.75, 3.05) is 11.9 Å². The Labute approximate surface area is 145 Å². The molecule has 0 unspecified atom stereocenters. The molecule has 0 saturated carbocycles. The van der Waals surface area contributed by atoms with Crippen LogP contribution in [-0.4, -0.2) is 21.5 Å². The maximum Gasteiger partial charge on any atom is 0.188 e. The molecule has 2 aromatic heterocycles. The van der Waals surface area contributed by atoms with Gasteiger partial charge in [-0.25, -0.2) is 15.0 Å². The molecule has 6 heteroatoms. The Hall–Kier alpha value is -2.31. The lowest BCUT2D eigenvalue weighted by Crippen LogP contribution is -2.16. The molecule has 0 spiro atoms. The van der Waals surface area contributed by atoms with Gasteiger partial charge in [0.1, 0.15) is 11.6 Å². The van der Waals surface area contributed by atoms with Crippen molar-refractivity contribution in [2.24, 2.45) is 0 Å². The van der Waals surface area contributed by atoms with E-state index in [-0.39, 0.29) is 6.04 Å². The Bertz CT molecular complexity index is 824. The molecule has 24 heavy (non-hydrogen) atoms. The fourth-order valence-electron chi connectivity index (χ4n) is 2.89. The highest BCUT2D eigenvalue weighted by atomic mass is 32.1. The largest absolute Gasteiger partial charge is 0.316 e. The van der Waals surface area contributed by atoms with Gasteiger partial charge in [0.2, 0.25) is 0 Å². The molecule has 3 heterocycles. The second-order valence-electron chi connectivity index (χ2n) is 5.92. The molecule has 1 saturated heterocycles. The SMILES string of the molecule is Cc1cc(Nc2ncc(-c3ccccc3)s2)nc([C@@H]2CCCN2)n1. The quantitative estimate of drug-likeness (QED) is 0.751. The number of thiazole rings is 1. The standard InChI is InChI=1S/C18H19N5S/c1-12-10-16(22-17(21-12)14-8-5-9-19-14)23-18-20-11-15(24-18)13-6-3-2-4-7-13/h2-4,6-7,10-11,14,19H,5,8-9H2,1H3,(H,20,21,22,23)/t14-/m0/s1. The van der Waals surface area contributed by atoms with Crippen molar-refractivity contribution < 1.29 is 0 Å². The zero-order valence-electron chi connectivity index (χ0n) is 13.5. The molecule has 0 aliphatic carbocycles. The van der Waals surface area contributed by atoms with Gasteiger partial charge >= 0.3 is 0 Å². The van der Waals surface area contributed by atoms with E-state index in [1.165, 1.54) is 12.0 Å². The first kappa shape index (κ1) is 15.2. The predicted molar refractivity (Wildman–Crippen MR) is 97.6 cm³/mol. The average molecular weight is 337 g/mol. The first-order valence-electron chi connectivity index (χ1n) is 8.15. The molecule has 1 aliphatic rings. The van der Waals surface area contributed by atoms with Gasteiger partial charge in [0.05, 0.1) is 10.9 Å². The molecule has 1 aliphatic heterocycles. The van der Waals surface area contributed by atoms with E-state index in [0.29, 0.717) is 0 Å². The number of nitrogens with zero attached hydrogens (tertiary/aromatic N) is 3. The molecule has 122 valence electrons. The lowest BCUT2D eigenvalue weighted by Gasteiger charge is -2.11. The smallest absolute Gasteiger partial charge is 0.188 e. The summed E-state index contributed by atoms with van der Waals surface area (Å²) in [6.45, 7) is 3.04. The van der Waals surface area contributed by atoms with Gasteiger partial charge in [-0.3, -0.25) is 0 Å². The molecule has 3 aromatic rings. The van der Waals surface area contributed by atoms with E-state index in [1.54, 1.807) is 11.3 Å². The predicted octanol–water partition coefficient (Wildman–Crippen LogP) is 4.08. The van der Waals surface area contributed by atoms with Crippen LogP contribution in [0.4, 0.5) is 10.9 Å². The van der Waals surface area contributed by atoms with Crippen molar-refractivity contribution in [2.45, 2.75) is 25.8 Å². The summed E-state index contributed by atoms with van der Waals surface area (Å²) in [7, 11) is 0. The van der Waals surface area contributed by atoms with Crippen LogP contribution in [0.5, 0.6) is 0 Å². The molecule has 0 radical (unpaired) electrons. The van der Waals surface area contributed by atoms with E-state index < -0.39 is 0 Å². The fourth-order valence-corrected chi connectivity index (χ4v) is 3.72. The van der Waals surface area contributed by atoms with Gasteiger partial charge in [0.15, 0.2) is 5.13 Å². The van der Waals surface area contributed by atoms with E-state index in [0.717, 1.165) is 40.3 Å². The van der Waals surface area contributed by atoms with Crippen molar-refractivity contribution in [3.63, 3.8) is 0 Å². The van der Waals surface area contributed by atoms with Crippen LogP contribution in [0.2, 0.25) is 0 Å². The van der Waals surface area contributed by atoms with E-state index >= 15 is 0 Å². The molecule has 0 bridgehead atoms. The molecule has 4 rings (SSSR count). The lowest BCUT2D eigenvalue weighted by atomic mass is 10.2. The minimum absolute atomic E-state index is 0.265. The molecule has 5 nitrogen and oxygen atoms in total. The van der Waals surface area contributed by atoms with Crippen molar-refractivity contribution in [1.29, 1.82) is 0 Å². The number of nitrogens with one attached hydrogen (secondary N) is 2. The van der Waals surface area contributed by atoms with Crippen molar-refractivity contribution in [3.05, 3.63) is 54.1 Å². The maximum atomic E-state index is 4.67. The van der Waals surface area contributed by atoms with Gasteiger partial charge in [0, 0.05) is 18.0 Å². The summed E-state index contributed by atoms with van der Waals surface area (Å²) in [5, 5.41) is 7.62. The Morgan fingerprint density at radius 3 is 2.88 bits per heavy atom. The number of aromatic nitrogens is 3. The molecule has 1 aromatic carbocycles. The molecular formula is C18H19N5S. The van der Waals surface area contributed by atoms with E-state index in [4.69, 9.17) is 0 Å². The number of aryl methyl sites for hydroxylation is 1. The Morgan fingerprint density at radius 2 is 2.08 bits per heavy atom. The third kappa shape index (κ3) is 3.29. The summed E-state index contributed by atoms with van der Waals surface area (Å²) in [6, 6.07) is 12.5. The van der Waals surface area contributed by atoms with Crippen LogP contribution >= 0.6 is 11.3 Å². The number of benzene rings is 1. The summed E-state index contributed by atoms with van der Waals surface area (Å²) in [6.07, 6.45) is 4.17. The van der Waals surface area contributed by atoms with Crippen LogP contribution in [0.3, 0.4) is 0 Å². The number of hydrogen-bond donors (Lipinski definition) is 2. The van der Waals surface area contributed by atoms with Crippen LogP contribution in [0, 0.1) is 6.92 Å². The minimum atomic E-state index is 0.265. The van der Waals surface area contributed by atoms with Gasteiger partial charge < -0.3 is 10.6 Å². The van der Waals surface area contributed by atoms with Crippen molar-refractivity contribution in [1.82, 2.24) is 20.3 Å². The lowest BCUT2D eigenvalue weighted by molar-refractivity contribution is 0.603. The summed E-state index contributed by atoms with van der Waals surface area (Å²) in [5.41, 5.74) is 2.15. The molecule has 1 atom stereocenters. The first-order valence-corrected chi connectivity index (χ1v) is 8.97. The Kier molecular flexibility index (Phi) is 4.23. The van der Waals surface area contributed by atoms with Crippen molar-refractivity contribution >= 4 is 22.3 Å². The van der Waals surface area contributed by atoms with Gasteiger partial charge in [-0.2, -0.15) is 0 Å². The van der Waals surface area contributed by atoms with Crippen LogP contribution in [0.15, 0.2) is 42.6 Å². The van der Waals surface area contributed by atoms with Gasteiger partial charge in [-0.1, -0.05) is 41.7 Å². The first-order chi connectivity index (χ1) is 11.8. The van der Waals surface area contributed by atoms with Gasteiger partial charge in [0.25, 0.3) is 0 Å². The second-order valence-corrected chi connectivity index (χ2v) is 6.95. The van der Waals surface area contributed by atoms with Crippen LogP contribution in [0.25, 0.3) is 10.4 Å². The number of hydrogen-bond acceptors (Lipinski definition) is 6. The second kappa shape index (κ2) is 6.67. The van der Waals surface area contributed by atoms with Crippen LogP contribution < -0.4 is 10.6 Å². The van der Waals surface area contributed by atoms with E-state index in [9.17, 15) is 0 Å². The Balaban J connectivity index is 1.56. The van der Waals surface area contributed by atoms with E-state index in [1.807, 2.05) is 37.4 Å². The van der Waals surface area contributed by atoms with Gasteiger partial charge in [-0.05, 0) is 31.9 Å². The average Bonchev–Trinajstić information content (AvgIpc) is 3.27. The van der Waals surface area contributed by atoms with Crippen molar-refractivity contribution in [3.8, 4) is 10.4 Å². The highest BCUT2D eigenvalue weighted by molar-refractivity contribution is 7.18. The van der Waals surface area contributed by atoms with Gasteiger partial charge in [-0.15, -0.1) is 0 Å². The molecule has 0 amide bonds. The highest BCUT2D eigenvalue weighted by Gasteiger charge is 2.19. The summed E-state index contributed by atoms with van der Waals surface area (Å²) in [4.78, 5) is 14.9. The molecule has 2 N–H and O–H groups in total. The summed E-state index contributed by atoms with van der Waals surface area (Å²) in [5.74, 6) is 1.68. The molecule has 1 fully saturated rings. The third-order valence-corrected chi connectivity index (χ3v) is 5.00. The monoisotopic (exact) mass is 337 g/mol. The zero-order chi connectivity index (χ0) is 16.4. The summed E-state index contributed by atoms with van der Waals surface area (Å²) < 4.78 is 0. The van der Waals surface area contributed by atoms with E-state index in [2.05, 4.69) is 37.7 Å². The van der Waals surface area contributed by atoms with Crippen LogP contribution in [0.1, 0.15) is 30.4 Å². The number of rotatable bonds is 4. The topological polar surface area (TPSA) is 62.7 Å². The van der Waals surface area contributed by atoms with Crippen LogP contribution in [-0.2, 0) is 0 Å². The number of anilines is 2. The highest BCUT2D eigenvalue weighted by Crippen LogP contribution is 2.30.